The summed E-state index contributed by atoms with van der Waals surface area (Å²) in [6.45, 7) is 6.03. The van der Waals surface area contributed by atoms with Gasteiger partial charge in [0.25, 0.3) is 11.8 Å². The standard InChI is InChI=1S/C14H12F2N4O.C5H12N2/c1-9(10-5-3-2-4-6-10)18-8-11(7-17)13-19-20-14(21-13)12(15)16;6-5-1-3-7-4-2-5/h2-8,12H,1,17H2;5,7H,1-4,6H2/b11-7+,18-8?;. The van der Waals surface area contributed by atoms with Gasteiger partial charge in [0, 0.05) is 18.5 Å². The van der Waals surface area contributed by atoms with Gasteiger partial charge in [0.2, 0.25) is 0 Å². The van der Waals surface area contributed by atoms with E-state index >= 15 is 0 Å². The van der Waals surface area contributed by atoms with E-state index in [0.29, 0.717) is 11.7 Å². The minimum atomic E-state index is -2.83. The Balaban J connectivity index is 0.000000336. The highest BCUT2D eigenvalue weighted by atomic mass is 19.3. The van der Waals surface area contributed by atoms with Crippen molar-refractivity contribution in [3.63, 3.8) is 0 Å². The number of aromatic nitrogens is 2. The lowest BCUT2D eigenvalue weighted by Crippen LogP contribution is -2.35. The fraction of sp³-hybridized carbons (Fsp3) is 0.316. The molecule has 5 N–H and O–H groups in total. The number of allylic oxidation sites excluding steroid dienone is 1. The fourth-order valence-electron chi connectivity index (χ4n) is 2.31. The van der Waals surface area contributed by atoms with Crippen LogP contribution in [0.5, 0.6) is 0 Å². The van der Waals surface area contributed by atoms with Gasteiger partial charge in [0.1, 0.15) is 0 Å². The number of benzene rings is 1. The Labute approximate surface area is 162 Å². The Morgan fingerprint density at radius 2 is 1.93 bits per heavy atom. The van der Waals surface area contributed by atoms with Crippen LogP contribution in [-0.4, -0.2) is 35.5 Å². The van der Waals surface area contributed by atoms with Crippen LogP contribution in [0.3, 0.4) is 0 Å². The minimum Gasteiger partial charge on any atom is -0.415 e. The van der Waals surface area contributed by atoms with Crippen LogP contribution in [-0.2, 0) is 0 Å². The number of nitrogens with one attached hydrogen (secondary N) is 1. The molecule has 1 aromatic heterocycles. The molecule has 0 radical (unpaired) electrons. The van der Waals surface area contributed by atoms with E-state index in [1.54, 1.807) is 0 Å². The van der Waals surface area contributed by atoms with Gasteiger partial charge in [-0.05, 0) is 31.5 Å². The monoisotopic (exact) mass is 390 g/mol. The number of alkyl halides is 2. The van der Waals surface area contributed by atoms with E-state index in [9.17, 15) is 8.78 Å². The smallest absolute Gasteiger partial charge is 0.314 e. The first-order valence-corrected chi connectivity index (χ1v) is 8.79. The number of hydrogen-bond donors (Lipinski definition) is 3. The zero-order valence-corrected chi connectivity index (χ0v) is 15.4. The summed E-state index contributed by atoms with van der Waals surface area (Å²) >= 11 is 0. The number of hydrogen-bond acceptors (Lipinski definition) is 7. The molecule has 0 atom stereocenters. The number of aliphatic imine (C=N–C) groups is 1. The van der Waals surface area contributed by atoms with Gasteiger partial charge >= 0.3 is 6.43 Å². The lowest BCUT2D eigenvalue weighted by atomic mass is 10.1. The highest BCUT2D eigenvalue weighted by molar-refractivity contribution is 6.09. The SMILES string of the molecule is C=C(N=C/C(=C\N)c1nnc(C(F)F)o1)c1ccccc1.NC1CCNCC1. The van der Waals surface area contributed by atoms with E-state index in [0.717, 1.165) is 37.7 Å². The van der Waals surface area contributed by atoms with Crippen LogP contribution in [0.25, 0.3) is 11.3 Å². The fourth-order valence-corrected chi connectivity index (χ4v) is 2.31. The van der Waals surface area contributed by atoms with E-state index in [1.165, 1.54) is 6.21 Å². The average Bonchev–Trinajstić information content (AvgIpc) is 3.20. The van der Waals surface area contributed by atoms with Crippen molar-refractivity contribution in [1.82, 2.24) is 15.5 Å². The Morgan fingerprint density at radius 3 is 2.43 bits per heavy atom. The molecule has 7 nitrogen and oxygen atoms in total. The predicted molar refractivity (Wildman–Crippen MR) is 105 cm³/mol. The molecule has 1 aliphatic rings. The second-order valence-electron chi connectivity index (χ2n) is 6.03. The Kier molecular flexibility index (Phi) is 8.44. The minimum absolute atomic E-state index is 0.127. The molecule has 1 aromatic carbocycles. The lowest BCUT2D eigenvalue weighted by molar-refractivity contribution is 0.114. The van der Waals surface area contributed by atoms with Gasteiger partial charge in [-0.15, -0.1) is 10.2 Å². The molecule has 1 saturated heterocycles. The second-order valence-corrected chi connectivity index (χ2v) is 6.03. The van der Waals surface area contributed by atoms with Gasteiger partial charge < -0.3 is 21.2 Å². The summed E-state index contributed by atoms with van der Waals surface area (Å²) in [4.78, 5) is 4.11. The highest BCUT2D eigenvalue weighted by Crippen LogP contribution is 2.20. The van der Waals surface area contributed by atoms with Crippen molar-refractivity contribution >= 4 is 17.5 Å². The van der Waals surface area contributed by atoms with Gasteiger partial charge in [-0.1, -0.05) is 36.9 Å². The van der Waals surface area contributed by atoms with Crippen LogP contribution in [0, 0.1) is 0 Å². The maximum absolute atomic E-state index is 12.4. The van der Waals surface area contributed by atoms with Crippen LogP contribution < -0.4 is 16.8 Å². The molecule has 0 spiro atoms. The molecule has 9 heteroatoms. The lowest BCUT2D eigenvalue weighted by Gasteiger charge is -2.17. The summed E-state index contributed by atoms with van der Waals surface area (Å²) in [5.74, 6) is -0.892. The molecule has 2 aromatic rings. The van der Waals surface area contributed by atoms with Crippen LogP contribution in [0.1, 0.15) is 36.6 Å². The zero-order valence-electron chi connectivity index (χ0n) is 15.4. The van der Waals surface area contributed by atoms with Crippen molar-refractivity contribution < 1.29 is 13.2 Å². The zero-order chi connectivity index (χ0) is 20.4. The van der Waals surface area contributed by atoms with Gasteiger partial charge in [-0.25, -0.2) is 0 Å². The average molecular weight is 390 g/mol. The van der Waals surface area contributed by atoms with Crippen molar-refractivity contribution in [3.05, 3.63) is 60.5 Å². The summed E-state index contributed by atoms with van der Waals surface area (Å²) in [5, 5.41) is 9.95. The second kappa shape index (κ2) is 11.1. The van der Waals surface area contributed by atoms with E-state index in [-0.39, 0.29) is 11.5 Å². The third kappa shape index (κ3) is 6.67. The molecule has 3 rings (SSSR count). The van der Waals surface area contributed by atoms with Crippen molar-refractivity contribution in [3.8, 4) is 0 Å². The first kappa shape index (κ1) is 21.4. The van der Waals surface area contributed by atoms with Gasteiger partial charge in [0.05, 0.1) is 11.3 Å². The van der Waals surface area contributed by atoms with Crippen molar-refractivity contribution in [2.45, 2.75) is 25.3 Å². The molecule has 28 heavy (non-hydrogen) atoms. The molecule has 0 unspecified atom stereocenters. The van der Waals surface area contributed by atoms with E-state index in [1.807, 2.05) is 30.3 Å². The van der Waals surface area contributed by atoms with Crippen LogP contribution in [0.15, 0.2) is 52.5 Å². The summed E-state index contributed by atoms with van der Waals surface area (Å²) < 4.78 is 29.6. The maximum Gasteiger partial charge on any atom is 0.314 e. The van der Waals surface area contributed by atoms with E-state index in [4.69, 9.17) is 15.9 Å². The van der Waals surface area contributed by atoms with Gasteiger partial charge in [0.15, 0.2) is 0 Å². The first-order chi connectivity index (χ1) is 13.5. The van der Waals surface area contributed by atoms with Crippen LogP contribution in [0.2, 0.25) is 0 Å². The predicted octanol–water partition coefficient (Wildman–Crippen LogP) is 2.75. The molecule has 0 saturated carbocycles. The third-order valence-corrected chi connectivity index (χ3v) is 3.90. The van der Waals surface area contributed by atoms with Crippen LogP contribution in [0.4, 0.5) is 8.78 Å². The number of nitrogens with two attached hydrogens (primary N) is 2. The molecular formula is C19H24F2N6O. The number of piperidine rings is 1. The van der Waals surface area contributed by atoms with Crippen LogP contribution >= 0.6 is 0 Å². The highest BCUT2D eigenvalue weighted by Gasteiger charge is 2.17. The number of nitrogens with zero attached hydrogens (tertiary/aromatic N) is 3. The van der Waals surface area contributed by atoms with Gasteiger partial charge in [-0.2, -0.15) is 8.78 Å². The Bertz CT molecular complexity index is 798. The van der Waals surface area contributed by atoms with Crippen molar-refractivity contribution in [1.29, 1.82) is 0 Å². The molecule has 1 aliphatic heterocycles. The van der Waals surface area contributed by atoms with Gasteiger partial charge in [-0.3, -0.25) is 4.99 Å². The third-order valence-electron chi connectivity index (χ3n) is 3.90. The van der Waals surface area contributed by atoms with Crippen molar-refractivity contribution in [2.24, 2.45) is 16.5 Å². The summed E-state index contributed by atoms with van der Waals surface area (Å²) in [5.41, 5.74) is 12.6. The number of halogens is 2. The molecule has 0 amide bonds. The summed E-state index contributed by atoms with van der Waals surface area (Å²) in [7, 11) is 0. The molecular weight excluding hydrogens is 366 g/mol. The van der Waals surface area contributed by atoms with Crippen molar-refractivity contribution in [2.75, 3.05) is 13.1 Å². The summed E-state index contributed by atoms with van der Waals surface area (Å²) in [6, 6.07) is 9.72. The molecule has 1 fully saturated rings. The molecule has 0 bridgehead atoms. The quantitative estimate of drug-likeness (QED) is 0.676. The first-order valence-electron chi connectivity index (χ1n) is 8.79. The Hall–Kier alpha value is -2.91. The topological polar surface area (TPSA) is 115 Å². The molecule has 2 heterocycles. The largest absolute Gasteiger partial charge is 0.415 e. The molecule has 0 aliphatic carbocycles. The number of rotatable bonds is 5. The molecule has 150 valence electrons. The normalized spacial score (nSPS) is 15.5. The van der Waals surface area contributed by atoms with E-state index < -0.39 is 12.3 Å². The summed E-state index contributed by atoms with van der Waals surface area (Å²) in [6.07, 6.45) is 1.95. The Morgan fingerprint density at radius 1 is 1.25 bits per heavy atom. The van der Waals surface area contributed by atoms with E-state index in [2.05, 4.69) is 27.1 Å². The maximum atomic E-state index is 12.4.